The summed E-state index contributed by atoms with van der Waals surface area (Å²) in [6, 6.07) is 6.44. The Bertz CT molecular complexity index is 593. The van der Waals surface area contributed by atoms with Gasteiger partial charge in [-0.25, -0.2) is 0 Å². The van der Waals surface area contributed by atoms with Crippen LogP contribution in [0.5, 0.6) is 5.75 Å². The Morgan fingerprint density at radius 2 is 2.19 bits per heavy atom. The van der Waals surface area contributed by atoms with Crippen molar-refractivity contribution in [2.75, 3.05) is 5.32 Å². The monoisotopic (exact) mass is 379 g/mol. The number of hydrogen-bond acceptors (Lipinski definition) is 3. The molecule has 0 fully saturated rings. The van der Waals surface area contributed by atoms with Crippen molar-refractivity contribution in [1.29, 1.82) is 0 Å². The summed E-state index contributed by atoms with van der Waals surface area (Å²) >= 11 is 9.15. The fraction of sp³-hybridized carbons (Fsp3) is 0.286. The predicted molar refractivity (Wildman–Crippen MR) is 81.1 cm³/mol. The highest BCUT2D eigenvalue weighted by atomic mass is 79.9. The normalized spacial score (nSPS) is 12.5. The largest absolute Gasteiger partial charge is 0.467 e. The van der Waals surface area contributed by atoms with Crippen LogP contribution in [-0.2, 0) is 0 Å². The van der Waals surface area contributed by atoms with Crippen LogP contribution in [0.1, 0.15) is 25.1 Å². The van der Waals surface area contributed by atoms with E-state index in [0.29, 0.717) is 27.4 Å². The molecular formula is C14H13BrClF2NO2. The van der Waals surface area contributed by atoms with Gasteiger partial charge in [0.15, 0.2) is 5.75 Å². The highest BCUT2D eigenvalue weighted by Gasteiger charge is 2.19. The zero-order valence-electron chi connectivity index (χ0n) is 11.1. The smallest absolute Gasteiger partial charge is 0.387 e. The van der Waals surface area contributed by atoms with E-state index < -0.39 is 6.61 Å². The molecule has 0 saturated heterocycles. The van der Waals surface area contributed by atoms with E-state index >= 15 is 0 Å². The second-order valence-electron chi connectivity index (χ2n) is 4.26. The Morgan fingerprint density at radius 1 is 1.43 bits per heavy atom. The van der Waals surface area contributed by atoms with Gasteiger partial charge in [-0.2, -0.15) is 8.78 Å². The molecule has 0 spiro atoms. The maximum absolute atomic E-state index is 12.6. The molecule has 0 saturated carbocycles. The Labute approximate surface area is 134 Å². The molecule has 0 bridgehead atoms. The molecule has 3 nitrogen and oxygen atoms in total. The number of hydrogen-bond donors (Lipinski definition) is 1. The van der Waals surface area contributed by atoms with Gasteiger partial charge < -0.3 is 14.5 Å². The standard InChI is InChI=1S/C14H13BrClF2NO2/c1-2-10(12-4-3-5-20-12)19-11-7-8(16)6-9(15)13(11)21-14(17)18/h3-7,10,14,19H,2H2,1H3. The van der Waals surface area contributed by atoms with E-state index in [0.717, 1.165) is 0 Å². The number of halogens is 4. The van der Waals surface area contributed by atoms with Crippen molar-refractivity contribution in [1.82, 2.24) is 0 Å². The molecule has 2 aromatic rings. The quantitative estimate of drug-likeness (QED) is 0.681. The predicted octanol–water partition coefficient (Wildman–Crippen LogP) is 5.86. The van der Waals surface area contributed by atoms with E-state index in [1.54, 1.807) is 12.3 Å². The van der Waals surface area contributed by atoms with Gasteiger partial charge >= 0.3 is 6.61 Å². The first-order valence-corrected chi connectivity index (χ1v) is 7.42. The average Bonchev–Trinajstić information content (AvgIpc) is 2.93. The van der Waals surface area contributed by atoms with E-state index in [1.807, 2.05) is 13.0 Å². The number of rotatable bonds is 6. The number of furan rings is 1. The second-order valence-corrected chi connectivity index (χ2v) is 5.55. The zero-order chi connectivity index (χ0) is 15.4. The number of anilines is 1. The van der Waals surface area contributed by atoms with Gasteiger partial charge in [0.05, 0.1) is 22.5 Å². The molecule has 1 aromatic carbocycles. The molecule has 0 radical (unpaired) electrons. The fourth-order valence-electron chi connectivity index (χ4n) is 1.93. The lowest BCUT2D eigenvalue weighted by Gasteiger charge is -2.20. The van der Waals surface area contributed by atoms with Gasteiger partial charge in [0.1, 0.15) is 5.76 Å². The van der Waals surface area contributed by atoms with Crippen molar-refractivity contribution in [3.05, 3.63) is 45.8 Å². The van der Waals surface area contributed by atoms with Crippen molar-refractivity contribution in [2.24, 2.45) is 0 Å². The molecule has 114 valence electrons. The summed E-state index contributed by atoms with van der Waals surface area (Å²) in [4.78, 5) is 0. The molecule has 7 heteroatoms. The number of benzene rings is 1. The van der Waals surface area contributed by atoms with E-state index in [1.165, 1.54) is 12.1 Å². The highest BCUT2D eigenvalue weighted by molar-refractivity contribution is 9.10. The first kappa shape index (κ1) is 16.1. The van der Waals surface area contributed by atoms with Crippen LogP contribution in [0.2, 0.25) is 5.02 Å². The maximum atomic E-state index is 12.6. The van der Waals surface area contributed by atoms with Gasteiger partial charge in [0.2, 0.25) is 0 Å². The summed E-state index contributed by atoms with van der Waals surface area (Å²) in [7, 11) is 0. The van der Waals surface area contributed by atoms with Crippen molar-refractivity contribution >= 4 is 33.2 Å². The highest BCUT2D eigenvalue weighted by Crippen LogP contribution is 2.39. The first-order chi connectivity index (χ1) is 10.0. The summed E-state index contributed by atoms with van der Waals surface area (Å²) in [6.45, 7) is -0.973. The van der Waals surface area contributed by atoms with E-state index in [4.69, 9.17) is 16.0 Å². The third-order valence-corrected chi connectivity index (χ3v) is 3.65. The van der Waals surface area contributed by atoms with Crippen LogP contribution in [0.25, 0.3) is 0 Å². The molecule has 0 aliphatic heterocycles. The summed E-state index contributed by atoms with van der Waals surface area (Å²) in [6.07, 6.45) is 2.26. The lowest BCUT2D eigenvalue weighted by molar-refractivity contribution is -0.0498. The molecule has 2 rings (SSSR count). The lowest BCUT2D eigenvalue weighted by atomic mass is 10.1. The van der Waals surface area contributed by atoms with Gasteiger partial charge in [0.25, 0.3) is 0 Å². The lowest BCUT2D eigenvalue weighted by Crippen LogP contribution is -2.12. The minimum atomic E-state index is -2.92. The summed E-state index contributed by atoms with van der Waals surface area (Å²) < 4.78 is 35.4. The molecular weight excluding hydrogens is 368 g/mol. The van der Waals surface area contributed by atoms with Crippen LogP contribution in [-0.4, -0.2) is 6.61 Å². The molecule has 0 amide bonds. The minimum absolute atomic E-state index is 0.0133. The Kier molecular flexibility index (Phi) is 5.47. The van der Waals surface area contributed by atoms with Gasteiger partial charge in [-0.3, -0.25) is 0 Å². The average molecular weight is 381 g/mol. The number of alkyl halides is 2. The molecule has 1 atom stereocenters. The van der Waals surface area contributed by atoms with Crippen molar-refractivity contribution in [3.8, 4) is 5.75 Å². The molecule has 1 N–H and O–H groups in total. The van der Waals surface area contributed by atoms with E-state index in [2.05, 4.69) is 26.0 Å². The Balaban J connectivity index is 2.33. The molecule has 1 unspecified atom stereocenters. The molecule has 0 aliphatic rings. The summed E-state index contributed by atoms with van der Waals surface area (Å²) in [5.41, 5.74) is 0.373. The van der Waals surface area contributed by atoms with Crippen LogP contribution < -0.4 is 10.1 Å². The van der Waals surface area contributed by atoms with Gasteiger partial charge in [-0.1, -0.05) is 18.5 Å². The summed E-state index contributed by atoms with van der Waals surface area (Å²) in [5, 5.41) is 3.52. The molecule has 21 heavy (non-hydrogen) atoms. The summed E-state index contributed by atoms with van der Waals surface area (Å²) in [5.74, 6) is 0.719. The molecule has 0 aliphatic carbocycles. The third kappa shape index (κ3) is 4.11. The topological polar surface area (TPSA) is 34.4 Å². The Hall–Kier alpha value is -1.27. The van der Waals surface area contributed by atoms with E-state index in [-0.39, 0.29) is 11.8 Å². The van der Waals surface area contributed by atoms with Crippen LogP contribution >= 0.6 is 27.5 Å². The maximum Gasteiger partial charge on any atom is 0.387 e. The second kappa shape index (κ2) is 7.13. The van der Waals surface area contributed by atoms with Gasteiger partial charge in [-0.05, 0) is 46.6 Å². The molecule has 1 aromatic heterocycles. The van der Waals surface area contributed by atoms with Crippen LogP contribution in [0, 0.1) is 0 Å². The minimum Gasteiger partial charge on any atom is -0.467 e. The van der Waals surface area contributed by atoms with Crippen LogP contribution in [0.3, 0.4) is 0 Å². The number of nitrogens with one attached hydrogen (secondary N) is 1. The van der Waals surface area contributed by atoms with Crippen molar-refractivity contribution < 1.29 is 17.9 Å². The fourth-order valence-corrected chi connectivity index (χ4v) is 2.83. The van der Waals surface area contributed by atoms with Crippen LogP contribution in [0.15, 0.2) is 39.4 Å². The van der Waals surface area contributed by atoms with Crippen molar-refractivity contribution in [2.45, 2.75) is 26.0 Å². The SMILES string of the molecule is CCC(Nc1cc(Cl)cc(Br)c1OC(F)F)c1ccco1. The van der Waals surface area contributed by atoms with Crippen molar-refractivity contribution in [3.63, 3.8) is 0 Å². The Morgan fingerprint density at radius 3 is 2.76 bits per heavy atom. The van der Waals surface area contributed by atoms with E-state index in [9.17, 15) is 8.78 Å². The third-order valence-electron chi connectivity index (χ3n) is 2.84. The zero-order valence-corrected chi connectivity index (χ0v) is 13.4. The first-order valence-electron chi connectivity index (χ1n) is 6.25. The van der Waals surface area contributed by atoms with Crippen LogP contribution in [0.4, 0.5) is 14.5 Å². The van der Waals surface area contributed by atoms with Gasteiger partial charge in [-0.15, -0.1) is 0 Å². The van der Waals surface area contributed by atoms with Gasteiger partial charge in [0, 0.05) is 5.02 Å². The number of ether oxygens (including phenoxy) is 1. The molecule has 1 heterocycles.